The maximum atomic E-state index is 10.4. The fourth-order valence-electron chi connectivity index (χ4n) is 4.16. The van der Waals surface area contributed by atoms with E-state index in [1.807, 2.05) is 0 Å². The molecule has 3 rings (SSSR count). The van der Waals surface area contributed by atoms with Crippen LogP contribution in [0.25, 0.3) is 0 Å². The molecule has 0 amide bonds. The van der Waals surface area contributed by atoms with Crippen LogP contribution in [0.1, 0.15) is 13.3 Å². The van der Waals surface area contributed by atoms with Crippen molar-refractivity contribution in [1.82, 2.24) is 0 Å². The predicted molar refractivity (Wildman–Crippen MR) is 104 cm³/mol. The van der Waals surface area contributed by atoms with Crippen molar-refractivity contribution in [3.63, 3.8) is 0 Å². The second-order valence-corrected chi connectivity index (χ2v) is 8.70. The lowest BCUT2D eigenvalue weighted by Gasteiger charge is -2.43. The van der Waals surface area contributed by atoms with E-state index >= 15 is 0 Å². The fourth-order valence-corrected chi connectivity index (χ4v) is 4.16. The molecule has 0 aromatic carbocycles. The molecule has 34 heavy (non-hydrogen) atoms. The van der Waals surface area contributed by atoms with Gasteiger partial charge in [0.25, 0.3) is 0 Å². The van der Waals surface area contributed by atoms with E-state index in [1.54, 1.807) is 0 Å². The molecule has 3 saturated heterocycles. The molecule has 15 nitrogen and oxygen atoms in total. The van der Waals surface area contributed by atoms with E-state index in [-0.39, 0.29) is 0 Å². The lowest BCUT2D eigenvalue weighted by Crippen LogP contribution is -2.61. The van der Waals surface area contributed by atoms with Gasteiger partial charge in [-0.3, -0.25) is 0 Å². The van der Waals surface area contributed by atoms with Crippen LogP contribution in [-0.4, -0.2) is 156 Å². The highest BCUT2D eigenvalue weighted by Crippen LogP contribution is 2.31. The first-order valence-electron chi connectivity index (χ1n) is 10.9. The van der Waals surface area contributed by atoms with Gasteiger partial charge in [0.1, 0.15) is 61.0 Å². The van der Waals surface area contributed by atoms with Gasteiger partial charge in [0.15, 0.2) is 18.9 Å². The monoisotopic (exact) mass is 502 g/mol. The summed E-state index contributed by atoms with van der Waals surface area (Å²) in [6.07, 6.45) is -23.4. The zero-order valence-corrected chi connectivity index (χ0v) is 18.3. The Morgan fingerprint density at radius 3 is 1.91 bits per heavy atom. The highest BCUT2D eigenvalue weighted by molar-refractivity contribution is 4.93. The average Bonchev–Trinajstić information content (AvgIpc) is 2.92. The molecule has 0 aliphatic carbocycles. The van der Waals surface area contributed by atoms with Crippen molar-refractivity contribution in [3.05, 3.63) is 0 Å². The first-order valence-corrected chi connectivity index (χ1v) is 10.9. The number of hydrogen-bond donors (Lipinski definition) is 10. The minimum atomic E-state index is -1.82. The van der Waals surface area contributed by atoms with Gasteiger partial charge >= 0.3 is 0 Å². The second kappa shape index (κ2) is 11.6. The second-order valence-electron chi connectivity index (χ2n) is 8.70. The van der Waals surface area contributed by atoms with Crippen molar-refractivity contribution >= 4 is 0 Å². The number of hydrogen-bond acceptors (Lipinski definition) is 15. The van der Waals surface area contributed by atoms with Crippen molar-refractivity contribution in [2.45, 2.75) is 105 Å². The Kier molecular flexibility index (Phi) is 9.57. The molecule has 15 atom stereocenters. The summed E-state index contributed by atoms with van der Waals surface area (Å²) in [6.45, 7) is -0.0867. The summed E-state index contributed by atoms with van der Waals surface area (Å²) in [4.78, 5) is 0. The van der Waals surface area contributed by atoms with Gasteiger partial charge in [-0.2, -0.15) is 0 Å². The minimum absolute atomic E-state index is 0.402. The molecule has 3 fully saturated rings. The van der Waals surface area contributed by atoms with Crippen LogP contribution in [0.5, 0.6) is 0 Å². The number of aliphatic hydroxyl groups is 10. The molecule has 0 aromatic heterocycles. The van der Waals surface area contributed by atoms with Gasteiger partial charge in [-0.05, 0) is 6.92 Å². The van der Waals surface area contributed by atoms with E-state index in [4.69, 9.17) is 23.7 Å². The molecule has 200 valence electrons. The van der Waals surface area contributed by atoms with Gasteiger partial charge in [-0.15, -0.1) is 0 Å². The molecule has 10 unspecified atom stereocenters. The third-order valence-corrected chi connectivity index (χ3v) is 6.29. The van der Waals surface area contributed by atoms with Gasteiger partial charge in [0.2, 0.25) is 0 Å². The first-order chi connectivity index (χ1) is 16.0. The number of ether oxygens (including phenoxy) is 5. The van der Waals surface area contributed by atoms with Gasteiger partial charge in [-0.1, -0.05) is 0 Å². The van der Waals surface area contributed by atoms with Crippen LogP contribution in [0, 0.1) is 0 Å². The SMILES string of the molecule is CC1O[C@@H](OC2CC(O)[C@@H](O)C(CO)O[C@H]2O[C@@H]2C(CO)OC(O)C(O)C2O)C(O)C(O)[C@@H]1O. The topological polar surface area (TPSA) is 248 Å². The van der Waals surface area contributed by atoms with E-state index in [0.29, 0.717) is 0 Å². The van der Waals surface area contributed by atoms with Crippen LogP contribution in [0.3, 0.4) is 0 Å². The van der Waals surface area contributed by atoms with Crippen LogP contribution in [0.15, 0.2) is 0 Å². The predicted octanol–water partition coefficient (Wildman–Crippen LogP) is -6.16. The molecule has 15 heteroatoms. The Morgan fingerprint density at radius 1 is 0.647 bits per heavy atom. The maximum absolute atomic E-state index is 10.4. The number of aliphatic hydroxyl groups excluding tert-OH is 10. The summed E-state index contributed by atoms with van der Waals surface area (Å²) < 4.78 is 27.4. The van der Waals surface area contributed by atoms with Crippen LogP contribution in [-0.2, 0) is 23.7 Å². The first kappa shape index (κ1) is 28.0. The molecule has 3 aliphatic rings. The Labute approximate surface area is 194 Å². The standard InChI is InChI=1S/C19H34O15/c1-5-10(23)12(25)15(28)19(30-5)32-7-2-6(22)11(24)8(3-20)33-18(7)34-16-9(4-21)31-17(29)14(27)13(16)26/h5-29H,2-4H2,1H3/t5?,6?,7?,8?,9?,10-,11-,12?,13?,14?,15?,16-,17?,18+,19+/m1/s1. The molecule has 0 spiro atoms. The molecule has 0 bridgehead atoms. The minimum Gasteiger partial charge on any atom is -0.394 e. The summed E-state index contributed by atoms with van der Waals surface area (Å²) in [7, 11) is 0. The van der Waals surface area contributed by atoms with Gasteiger partial charge < -0.3 is 74.7 Å². The summed E-state index contributed by atoms with van der Waals surface area (Å²) in [5, 5.41) is 100. The summed E-state index contributed by atoms with van der Waals surface area (Å²) in [6, 6.07) is 0. The Bertz CT molecular complexity index is 639. The van der Waals surface area contributed by atoms with Gasteiger partial charge in [-0.25, -0.2) is 0 Å². The number of rotatable bonds is 6. The van der Waals surface area contributed by atoms with Gasteiger partial charge in [0.05, 0.1) is 25.4 Å². The zero-order chi connectivity index (χ0) is 25.3. The van der Waals surface area contributed by atoms with E-state index < -0.39 is 112 Å². The van der Waals surface area contributed by atoms with E-state index in [2.05, 4.69) is 0 Å². The lowest BCUT2D eigenvalue weighted by molar-refractivity contribution is -0.355. The maximum Gasteiger partial charge on any atom is 0.187 e. The third kappa shape index (κ3) is 5.69. The van der Waals surface area contributed by atoms with Crippen molar-refractivity contribution in [3.8, 4) is 0 Å². The molecule has 0 radical (unpaired) electrons. The quantitative estimate of drug-likeness (QED) is 0.162. The molecule has 3 aliphatic heterocycles. The van der Waals surface area contributed by atoms with Gasteiger partial charge in [0, 0.05) is 6.42 Å². The molecular weight excluding hydrogens is 468 g/mol. The molecule has 0 saturated carbocycles. The van der Waals surface area contributed by atoms with Crippen molar-refractivity contribution < 1.29 is 74.7 Å². The van der Waals surface area contributed by atoms with Crippen LogP contribution in [0.4, 0.5) is 0 Å². The summed E-state index contributed by atoms with van der Waals surface area (Å²) in [5.41, 5.74) is 0. The van der Waals surface area contributed by atoms with Crippen molar-refractivity contribution in [2.75, 3.05) is 13.2 Å². The third-order valence-electron chi connectivity index (χ3n) is 6.29. The Morgan fingerprint density at radius 2 is 1.29 bits per heavy atom. The van der Waals surface area contributed by atoms with E-state index in [9.17, 15) is 51.1 Å². The normalized spacial score (nSPS) is 52.9. The van der Waals surface area contributed by atoms with Crippen LogP contribution < -0.4 is 0 Å². The Balaban J connectivity index is 1.85. The average molecular weight is 502 g/mol. The van der Waals surface area contributed by atoms with Crippen molar-refractivity contribution in [2.24, 2.45) is 0 Å². The highest BCUT2D eigenvalue weighted by atomic mass is 16.8. The van der Waals surface area contributed by atoms with E-state index in [0.717, 1.165) is 0 Å². The zero-order valence-electron chi connectivity index (χ0n) is 18.3. The fraction of sp³-hybridized carbons (Fsp3) is 1.00. The molecule has 3 heterocycles. The summed E-state index contributed by atoms with van der Waals surface area (Å²) >= 11 is 0. The smallest absolute Gasteiger partial charge is 0.187 e. The largest absolute Gasteiger partial charge is 0.394 e. The molecular formula is C19H34O15. The highest BCUT2D eigenvalue weighted by Gasteiger charge is 2.50. The van der Waals surface area contributed by atoms with E-state index in [1.165, 1.54) is 6.92 Å². The van der Waals surface area contributed by atoms with Crippen LogP contribution in [0.2, 0.25) is 0 Å². The van der Waals surface area contributed by atoms with Crippen molar-refractivity contribution in [1.29, 1.82) is 0 Å². The summed E-state index contributed by atoms with van der Waals surface area (Å²) in [5.74, 6) is 0. The molecule has 0 aromatic rings. The molecule has 10 N–H and O–H groups in total. The van der Waals surface area contributed by atoms with Crippen LogP contribution >= 0.6 is 0 Å². The lowest BCUT2D eigenvalue weighted by atomic mass is 9.98. The Hall–Kier alpha value is -0.600.